The number of ether oxygens (including phenoxy) is 1. The van der Waals surface area contributed by atoms with E-state index in [4.69, 9.17) is 27.9 Å². The highest BCUT2D eigenvalue weighted by Gasteiger charge is 2.21. The van der Waals surface area contributed by atoms with Gasteiger partial charge in [0, 0.05) is 42.4 Å². The van der Waals surface area contributed by atoms with Crippen molar-refractivity contribution in [2.45, 2.75) is 19.4 Å². The van der Waals surface area contributed by atoms with Gasteiger partial charge in [-0.1, -0.05) is 29.3 Å². The second-order valence-corrected chi connectivity index (χ2v) is 6.45. The standard InChI is InChI=1S/C16H24Cl2N2O/c1-21-9-7-19-10-13-4-3-8-20(11-13)12-14-15(17)5-2-6-16(14)18/h2,5-6,13,19H,3-4,7-12H2,1H3. The number of likely N-dealkylation sites (tertiary alicyclic amines) is 1. The van der Waals surface area contributed by atoms with E-state index in [1.807, 2.05) is 18.2 Å². The summed E-state index contributed by atoms with van der Waals surface area (Å²) in [5.41, 5.74) is 1.05. The molecule has 0 radical (unpaired) electrons. The SMILES string of the molecule is COCCNCC1CCCN(Cc2c(Cl)cccc2Cl)C1. The number of halogens is 2. The van der Waals surface area contributed by atoms with Crippen LogP contribution in [0, 0.1) is 5.92 Å². The second kappa shape index (κ2) is 8.96. The van der Waals surface area contributed by atoms with Gasteiger partial charge in [-0.15, -0.1) is 0 Å². The van der Waals surface area contributed by atoms with Crippen molar-refractivity contribution in [3.8, 4) is 0 Å². The van der Waals surface area contributed by atoms with E-state index in [2.05, 4.69) is 10.2 Å². The third-order valence-corrected chi connectivity index (χ3v) is 4.67. The lowest BCUT2D eigenvalue weighted by molar-refractivity contribution is 0.159. The van der Waals surface area contributed by atoms with Crippen LogP contribution in [0.3, 0.4) is 0 Å². The molecule has 1 aliphatic heterocycles. The van der Waals surface area contributed by atoms with Gasteiger partial charge in [-0.05, 0) is 44.0 Å². The van der Waals surface area contributed by atoms with Gasteiger partial charge >= 0.3 is 0 Å². The van der Waals surface area contributed by atoms with E-state index in [-0.39, 0.29) is 0 Å². The van der Waals surface area contributed by atoms with Crippen molar-refractivity contribution in [1.29, 1.82) is 0 Å². The average Bonchev–Trinajstić information content (AvgIpc) is 2.48. The summed E-state index contributed by atoms with van der Waals surface area (Å²) in [6.07, 6.45) is 2.52. The fourth-order valence-electron chi connectivity index (χ4n) is 2.85. The van der Waals surface area contributed by atoms with Crippen molar-refractivity contribution < 1.29 is 4.74 Å². The first-order valence-electron chi connectivity index (χ1n) is 7.55. The minimum absolute atomic E-state index is 0.692. The van der Waals surface area contributed by atoms with Crippen LogP contribution in [0.15, 0.2) is 18.2 Å². The van der Waals surface area contributed by atoms with Crippen LogP contribution in [-0.2, 0) is 11.3 Å². The van der Waals surface area contributed by atoms with Crippen molar-refractivity contribution >= 4 is 23.2 Å². The fourth-order valence-corrected chi connectivity index (χ4v) is 3.37. The first-order valence-corrected chi connectivity index (χ1v) is 8.31. The molecule has 2 rings (SSSR count). The highest BCUT2D eigenvalue weighted by atomic mass is 35.5. The molecule has 0 amide bonds. The third kappa shape index (κ3) is 5.42. The molecule has 1 aliphatic rings. The molecule has 0 aromatic heterocycles. The van der Waals surface area contributed by atoms with Gasteiger partial charge in [0.05, 0.1) is 6.61 Å². The molecule has 1 aromatic carbocycles. The van der Waals surface area contributed by atoms with E-state index in [0.29, 0.717) is 5.92 Å². The number of hydrogen-bond acceptors (Lipinski definition) is 3. The molecular weight excluding hydrogens is 307 g/mol. The van der Waals surface area contributed by atoms with E-state index in [1.165, 1.54) is 12.8 Å². The summed E-state index contributed by atoms with van der Waals surface area (Å²) < 4.78 is 5.06. The molecule has 3 nitrogen and oxygen atoms in total. The topological polar surface area (TPSA) is 24.5 Å². The Morgan fingerprint density at radius 3 is 2.81 bits per heavy atom. The van der Waals surface area contributed by atoms with Crippen molar-refractivity contribution in [3.05, 3.63) is 33.8 Å². The Morgan fingerprint density at radius 2 is 2.10 bits per heavy atom. The number of nitrogens with one attached hydrogen (secondary N) is 1. The summed E-state index contributed by atoms with van der Waals surface area (Å²) >= 11 is 12.5. The number of hydrogen-bond donors (Lipinski definition) is 1. The molecular formula is C16H24Cl2N2O. The molecule has 1 aromatic rings. The quantitative estimate of drug-likeness (QED) is 0.775. The van der Waals surface area contributed by atoms with Gasteiger partial charge in [-0.2, -0.15) is 0 Å². The summed E-state index contributed by atoms with van der Waals surface area (Å²) in [7, 11) is 1.73. The molecule has 1 heterocycles. The minimum Gasteiger partial charge on any atom is -0.383 e. The zero-order valence-corrected chi connectivity index (χ0v) is 14.1. The number of methoxy groups -OCH3 is 1. The molecule has 0 saturated carbocycles. The smallest absolute Gasteiger partial charge is 0.0587 e. The Labute approximate surface area is 137 Å². The Bertz CT molecular complexity index is 422. The van der Waals surface area contributed by atoms with Crippen molar-refractivity contribution in [3.63, 3.8) is 0 Å². The van der Waals surface area contributed by atoms with Crippen LogP contribution in [0.1, 0.15) is 18.4 Å². The minimum atomic E-state index is 0.692. The number of benzene rings is 1. The third-order valence-electron chi connectivity index (χ3n) is 3.96. The van der Waals surface area contributed by atoms with Gasteiger partial charge in [0.1, 0.15) is 0 Å². The summed E-state index contributed by atoms with van der Waals surface area (Å²) in [5, 5.41) is 4.99. The molecule has 0 bridgehead atoms. The molecule has 1 atom stereocenters. The van der Waals surface area contributed by atoms with Crippen LogP contribution in [0.2, 0.25) is 10.0 Å². The first kappa shape index (κ1) is 17.0. The van der Waals surface area contributed by atoms with Crippen molar-refractivity contribution in [1.82, 2.24) is 10.2 Å². The molecule has 1 unspecified atom stereocenters. The Hall–Kier alpha value is -0.320. The first-order chi connectivity index (χ1) is 10.2. The highest BCUT2D eigenvalue weighted by molar-refractivity contribution is 6.35. The fraction of sp³-hybridized carbons (Fsp3) is 0.625. The van der Waals surface area contributed by atoms with E-state index in [9.17, 15) is 0 Å². The number of piperidine rings is 1. The molecule has 0 spiro atoms. The van der Waals surface area contributed by atoms with Gasteiger partial charge in [-0.25, -0.2) is 0 Å². The molecule has 1 N–H and O–H groups in total. The highest BCUT2D eigenvalue weighted by Crippen LogP contribution is 2.27. The predicted molar refractivity (Wildman–Crippen MR) is 89.2 cm³/mol. The molecule has 0 aliphatic carbocycles. The molecule has 5 heteroatoms. The monoisotopic (exact) mass is 330 g/mol. The molecule has 118 valence electrons. The van der Waals surface area contributed by atoms with Crippen LogP contribution in [0.5, 0.6) is 0 Å². The largest absolute Gasteiger partial charge is 0.383 e. The maximum atomic E-state index is 6.27. The van der Waals surface area contributed by atoms with Gasteiger partial charge in [0.25, 0.3) is 0 Å². The van der Waals surface area contributed by atoms with Gasteiger partial charge in [0.15, 0.2) is 0 Å². The predicted octanol–water partition coefficient (Wildman–Crippen LogP) is 3.44. The van der Waals surface area contributed by atoms with E-state index in [1.54, 1.807) is 7.11 Å². The van der Waals surface area contributed by atoms with Crippen LogP contribution in [0.25, 0.3) is 0 Å². The van der Waals surface area contributed by atoms with Gasteiger partial charge in [0.2, 0.25) is 0 Å². The lowest BCUT2D eigenvalue weighted by Crippen LogP contribution is -2.39. The zero-order chi connectivity index (χ0) is 15.1. The average molecular weight is 331 g/mol. The molecule has 1 saturated heterocycles. The summed E-state index contributed by atoms with van der Waals surface area (Å²) in [5.74, 6) is 0.692. The summed E-state index contributed by atoms with van der Waals surface area (Å²) in [4.78, 5) is 2.46. The molecule has 21 heavy (non-hydrogen) atoms. The normalized spacial score (nSPS) is 19.9. The van der Waals surface area contributed by atoms with E-state index in [0.717, 1.165) is 54.9 Å². The Morgan fingerprint density at radius 1 is 1.33 bits per heavy atom. The van der Waals surface area contributed by atoms with Crippen LogP contribution >= 0.6 is 23.2 Å². The zero-order valence-electron chi connectivity index (χ0n) is 12.6. The van der Waals surface area contributed by atoms with Crippen LogP contribution in [-0.4, -0.2) is 44.8 Å². The number of rotatable bonds is 7. The summed E-state index contributed by atoms with van der Waals surface area (Å²) in [6.45, 7) is 5.80. The van der Waals surface area contributed by atoms with Crippen molar-refractivity contribution in [2.24, 2.45) is 5.92 Å². The van der Waals surface area contributed by atoms with E-state index >= 15 is 0 Å². The maximum Gasteiger partial charge on any atom is 0.0587 e. The van der Waals surface area contributed by atoms with E-state index < -0.39 is 0 Å². The lowest BCUT2D eigenvalue weighted by Gasteiger charge is -2.33. The molecule has 1 fully saturated rings. The van der Waals surface area contributed by atoms with Crippen molar-refractivity contribution in [2.75, 3.05) is 39.9 Å². The maximum absolute atomic E-state index is 6.27. The Balaban J connectivity index is 1.83. The van der Waals surface area contributed by atoms with Gasteiger partial charge in [-0.3, -0.25) is 4.90 Å². The Kier molecular flexibility index (Phi) is 7.27. The summed E-state index contributed by atoms with van der Waals surface area (Å²) in [6, 6.07) is 5.72. The van der Waals surface area contributed by atoms with Crippen LogP contribution < -0.4 is 5.32 Å². The van der Waals surface area contributed by atoms with Crippen LogP contribution in [0.4, 0.5) is 0 Å². The van der Waals surface area contributed by atoms with Gasteiger partial charge < -0.3 is 10.1 Å². The lowest BCUT2D eigenvalue weighted by atomic mass is 9.97. The number of nitrogens with zero attached hydrogens (tertiary/aromatic N) is 1. The second-order valence-electron chi connectivity index (χ2n) is 5.64.